The summed E-state index contributed by atoms with van der Waals surface area (Å²) < 4.78 is 22.7. The molecular formula is C13H24ClO4P. The smallest absolute Gasteiger partial charge is 0.367 e. The van der Waals surface area contributed by atoms with Gasteiger partial charge in [0, 0.05) is 0 Å². The van der Waals surface area contributed by atoms with Gasteiger partial charge in [-0.1, -0.05) is 19.8 Å². The maximum atomic E-state index is 12.4. The summed E-state index contributed by atoms with van der Waals surface area (Å²) in [4.78, 5) is 0. The van der Waals surface area contributed by atoms with Crippen LogP contribution < -0.4 is 0 Å². The highest BCUT2D eigenvalue weighted by Gasteiger charge is 2.28. The number of halogens is 1. The summed E-state index contributed by atoms with van der Waals surface area (Å²) in [7, 11) is -3.45. The SMILES string of the molecule is CCCCC(Cl)C=C=C(CO)P(=O)(OCC)OCC. The summed E-state index contributed by atoms with van der Waals surface area (Å²) in [6.07, 6.45) is 4.49. The lowest BCUT2D eigenvalue weighted by Crippen LogP contribution is -2.01. The number of hydrogen-bond acceptors (Lipinski definition) is 4. The van der Waals surface area contributed by atoms with Crippen LogP contribution in [0, 0.1) is 0 Å². The first-order valence-electron chi connectivity index (χ1n) is 6.64. The van der Waals surface area contributed by atoms with E-state index in [0.29, 0.717) is 0 Å². The van der Waals surface area contributed by atoms with E-state index in [4.69, 9.17) is 20.6 Å². The van der Waals surface area contributed by atoms with Gasteiger partial charge in [-0.05, 0) is 26.3 Å². The molecule has 19 heavy (non-hydrogen) atoms. The Morgan fingerprint density at radius 1 is 1.37 bits per heavy atom. The van der Waals surface area contributed by atoms with Gasteiger partial charge >= 0.3 is 7.60 Å². The summed E-state index contributed by atoms with van der Waals surface area (Å²) in [5, 5.41) is 9.24. The molecule has 1 atom stereocenters. The van der Waals surface area contributed by atoms with Crippen molar-refractivity contribution in [3.63, 3.8) is 0 Å². The van der Waals surface area contributed by atoms with Crippen LogP contribution in [0.1, 0.15) is 40.0 Å². The molecule has 1 N–H and O–H groups in total. The Bertz CT molecular complexity index is 341. The third kappa shape index (κ3) is 7.31. The van der Waals surface area contributed by atoms with Crippen LogP contribution in [-0.4, -0.2) is 30.3 Å². The molecule has 0 bridgehead atoms. The summed E-state index contributed by atoms with van der Waals surface area (Å²) >= 11 is 6.08. The number of alkyl halides is 1. The minimum atomic E-state index is -3.45. The zero-order chi connectivity index (χ0) is 14.7. The number of hydrogen-bond donors (Lipinski definition) is 1. The molecule has 1 unspecified atom stereocenters. The second-order valence-electron chi connectivity index (χ2n) is 3.91. The van der Waals surface area contributed by atoms with E-state index in [9.17, 15) is 9.67 Å². The van der Waals surface area contributed by atoms with Crippen LogP contribution >= 0.6 is 19.2 Å². The quantitative estimate of drug-likeness (QED) is 0.375. The Hall–Kier alpha value is -0.0800. The van der Waals surface area contributed by atoms with E-state index in [2.05, 4.69) is 12.7 Å². The molecule has 0 aromatic rings. The van der Waals surface area contributed by atoms with Crippen LogP contribution in [-0.2, 0) is 13.6 Å². The average molecular weight is 311 g/mol. The van der Waals surface area contributed by atoms with E-state index in [1.807, 2.05) is 0 Å². The van der Waals surface area contributed by atoms with Gasteiger partial charge in [0.2, 0.25) is 0 Å². The Labute approximate surface area is 121 Å². The fourth-order valence-corrected chi connectivity index (χ4v) is 3.10. The van der Waals surface area contributed by atoms with Gasteiger partial charge in [-0.25, -0.2) is 0 Å². The highest BCUT2D eigenvalue weighted by molar-refractivity contribution is 7.58. The minimum Gasteiger partial charge on any atom is -0.391 e. The van der Waals surface area contributed by atoms with Crippen molar-refractivity contribution in [1.82, 2.24) is 0 Å². The molecule has 6 heteroatoms. The second kappa shape index (κ2) is 10.7. The van der Waals surface area contributed by atoms with E-state index in [-0.39, 0.29) is 23.9 Å². The molecule has 0 amide bonds. The van der Waals surface area contributed by atoms with Gasteiger partial charge < -0.3 is 14.2 Å². The van der Waals surface area contributed by atoms with Gasteiger partial charge in [0.15, 0.2) is 0 Å². The number of aliphatic hydroxyl groups excluding tert-OH is 1. The summed E-state index contributed by atoms with van der Waals surface area (Å²) in [6, 6.07) is 0. The lowest BCUT2D eigenvalue weighted by atomic mass is 10.2. The molecule has 0 rings (SSSR count). The minimum absolute atomic E-state index is 0.123. The molecule has 0 saturated carbocycles. The summed E-state index contributed by atoms with van der Waals surface area (Å²) in [5.74, 6) is 0. The van der Waals surface area contributed by atoms with E-state index in [1.165, 1.54) is 0 Å². The molecule has 0 radical (unpaired) electrons. The van der Waals surface area contributed by atoms with Crippen LogP contribution in [0.2, 0.25) is 0 Å². The van der Waals surface area contributed by atoms with Crippen molar-refractivity contribution in [2.45, 2.75) is 45.4 Å². The van der Waals surface area contributed by atoms with Gasteiger partial charge in [-0.15, -0.1) is 17.3 Å². The third-order valence-corrected chi connectivity index (χ3v) is 4.81. The van der Waals surface area contributed by atoms with Crippen LogP contribution in [0.3, 0.4) is 0 Å². The molecule has 4 nitrogen and oxygen atoms in total. The van der Waals surface area contributed by atoms with Gasteiger partial charge in [-0.3, -0.25) is 4.57 Å². The monoisotopic (exact) mass is 310 g/mol. The first kappa shape index (κ1) is 18.9. The highest BCUT2D eigenvalue weighted by atomic mass is 35.5. The first-order chi connectivity index (χ1) is 9.03. The first-order valence-corrected chi connectivity index (χ1v) is 8.62. The highest BCUT2D eigenvalue weighted by Crippen LogP contribution is 2.55. The van der Waals surface area contributed by atoms with Crippen molar-refractivity contribution >= 4 is 19.2 Å². The molecule has 112 valence electrons. The third-order valence-electron chi connectivity index (χ3n) is 2.34. The number of unbranched alkanes of at least 4 members (excludes halogenated alkanes) is 1. The Kier molecular flexibility index (Phi) is 10.6. The fraction of sp³-hybridized carbons (Fsp3) is 0.769. The van der Waals surface area contributed by atoms with Crippen molar-refractivity contribution in [3.8, 4) is 0 Å². The van der Waals surface area contributed by atoms with Gasteiger partial charge in [0.25, 0.3) is 0 Å². The van der Waals surface area contributed by atoms with Crippen molar-refractivity contribution in [1.29, 1.82) is 0 Å². The molecule has 0 aliphatic carbocycles. The van der Waals surface area contributed by atoms with Crippen LogP contribution in [0.5, 0.6) is 0 Å². The molecule has 0 heterocycles. The average Bonchev–Trinajstić information content (AvgIpc) is 2.37. The van der Waals surface area contributed by atoms with Crippen molar-refractivity contribution < 1.29 is 18.7 Å². The Balaban J connectivity index is 5.02. The molecular weight excluding hydrogens is 287 g/mol. The largest absolute Gasteiger partial charge is 0.391 e. The molecule has 0 fully saturated rings. The molecule has 0 aliphatic rings. The molecule has 0 aliphatic heterocycles. The predicted octanol–water partition coefficient (Wildman–Crippen LogP) is 4.08. The molecule has 0 aromatic carbocycles. The summed E-state index contributed by atoms with van der Waals surface area (Å²) in [5.41, 5.74) is 2.78. The zero-order valence-corrected chi connectivity index (χ0v) is 13.5. The zero-order valence-electron chi connectivity index (χ0n) is 11.9. The standard InChI is InChI=1S/C13H24ClO4P/c1-4-7-8-12(14)9-10-13(11-15)19(16,17-5-2)18-6-3/h9,12,15H,4-8,11H2,1-3H3. The van der Waals surface area contributed by atoms with Gasteiger partial charge in [-0.2, -0.15) is 0 Å². The van der Waals surface area contributed by atoms with Crippen molar-refractivity contribution in [2.24, 2.45) is 0 Å². The number of rotatable bonds is 10. The molecule has 0 aromatic heterocycles. The van der Waals surface area contributed by atoms with Gasteiger partial charge in [0.05, 0.1) is 25.2 Å². The Morgan fingerprint density at radius 3 is 2.37 bits per heavy atom. The Morgan fingerprint density at radius 2 is 1.95 bits per heavy atom. The maximum Gasteiger partial charge on any atom is 0.367 e. The lowest BCUT2D eigenvalue weighted by molar-refractivity contribution is 0.220. The molecule has 0 spiro atoms. The molecule has 0 saturated heterocycles. The lowest BCUT2D eigenvalue weighted by Gasteiger charge is -2.17. The van der Waals surface area contributed by atoms with E-state index >= 15 is 0 Å². The van der Waals surface area contributed by atoms with E-state index < -0.39 is 14.2 Å². The predicted molar refractivity (Wildman–Crippen MR) is 78.7 cm³/mol. The van der Waals surface area contributed by atoms with Crippen LogP contribution in [0.25, 0.3) is 0 Å². The van der Waals surface area contributed by atoms with Crippen LogP contribution in [0.4, 0.5) is 0 Å². The number of aliphatic hydroxyl groups is 1. The normalized spacial score (nSPS) is 12.9. The van der Waals surface area contributed by atoms with E-state index in [0.717, 1.165) is 19.3 Å². The second-order valence-corrected chi connectivity index (χ2v) is 6.52. The van der Waals surface area contributed by atoms with Crippen molar-refractivity contribution in [2.75, 3.05) is 19.8 Å². The van der Waals surface area contributed by atoms with Crippen LogP contribution in [0.15, 0.2) is 17.1 Å². The summed E-state index contributed by atoms with van der Waals surface area (Å²) in [6.45, 7) is 5.57. The fourth-order valence-electron chi connectivity index (χ4n) is 1.41. The van der Waals surface area contributed by atoms with Crippen molar-refractivity contribution in [3.05, 3.63) is 17.1 Å². The maximum absolute atomic E-state index is 12.4. The van der Waals surface area contributed by atoms with E-state index in [1.54, 1.807) is 19.9 Å². The van der Waals surface area contributed by atoms with Gasteiger partial charge in [0.1, 0.15) is 5.31 Å². The topological polar surface area (TPSA) is 55.8 Å².